The zero-order valence-electron chi connectivity index (χ0n) is 22.9. The summed E-state index contributed by atoms with van der Waals surface area (Å²) >= 11 is 0. The molecule has 42 heavy (non-hydrogen) atoms. The number of hydrogen-bond donors (Lipinski definition) is 0. The van der Waals surface area contributed by atoms with Crippen LogP contribution in [0.4, 0.5) is 0 Å². The third kappa shape index (κ3) is 2.86. The second-order valence-electron chi connectivity index (χ2n) is 11.6. The highest BCUT2D eigenvalue weighted by Gasteiger charge is 2.23. The molecule has 2 aliphatic rings. The van der Waals surface area contributed by atoms with E-state index in [9.17, 15) is 0 Å². The first-order valence-corrected chi connectivity index (χ1v) is 14.7. The molecule has 0 amide bonds. The fraction of sp³-hybridized carbons (Fsp3) is 0. The van der Waals surface area contributed by atoms with E-state index in [2.05, 4.69) is 146 Å². The Hall–Kier alpha value is -5.46. The smallest absolute Gasteiger partial charge is 0.00201 e. The van der Waals surface area contributed by atoms with Gasteiger partial charge in [0.15, 0.2) is 0 Å². The lowest BCUT2D eigenvalue weighted by Gasteiger charge is -2.12. The van der Waals surface area contributed by atoms with E-state index in [-0.39, 0.29) is 0 Å². The van der Waals surface area contributed by atoms with Crippen molar-refractivity contribution >= 4 is 32.3 Å². The molecule has 8 aromatic rings. The van der Waals surface area contributed by atoms with Gasteiger partial charge < -0.3 is 0 Å². The van der Waals surface area contributed by atoms with Gasteiger partial charge in [-0.25, -0.2) is 0 Å². The van der Waals surface area contributed by atoms with E-state index in [1.807, 2.05) is 0 Å². The van der Waals surface area contributed by atoms with E-state index in [4.69, 9.17) is 0 Å². The van der Waals surface area contributed by atoms with Gasteiger partial charge in [0.2, 0.25) is 0 Å². The zero-order chi connectivity index (χ0) is 27.4. The summed E-state index contributed by atoms with van der Waals surface area (Å²) in [5.41, 5.74) is 15.9. The van der Waals surface area contributed by atoms with E-state index >= 15 is 0 Å². The summed E-state index contributed by atoms with van der Waals surface area (Å²) in [5.74, 6) is 0. The quantitative estimate of drug-likeness (QED) is 0.209. The van der Waals surface area contributed by atoms with Gasteiger partial charge in [-0.1, -0.05) is 133 Å². The Labute approximate surface area is 244 Å². The minimum atomic E-state index is 1.26. The van der Waals surface area contributed by atoms with Crippen molar-refractivity contribution < 1.29 is 0 Å². The Morgan fingerprint density at radius 1 is 0.238 bits per heavy atom. The van der Waals surface area contributed by atoms with Gasteiger partial charge in [-0.05, 0) is 111 Å². The molecule has 0 atom stereocenters. The number of fused-ring (bicyclic) bond motifs is 7. The van der Waals surface area contributed by atoms with Gasteiger partial charge in [0.1, 0.15) is 0 Å². The van der Waals surface area contributed by atoms with Gasteiger partial charge in [0, 0.05) is 0 Å². The summed E-state index contributed by atoms with van der Waals surface area (Å²) in [4.78, 5) is 0. The number of benzene rings is 8. The monoisotopic (exact) mass is 528 g/mol. The summed E-state index contributed by atoms with van der Waals surface area (Å²) in [5, 5.41) is 7.93. The largest absolute Gasteiger partial charge is 0.0616 e. The molecule has 0 heterocycles. The Bertz CT molecular complexity index is 2220. The van der Waals surface area contributed by atoms with Crippen molar-refractivity contribution in [2.24, 2.45) is 0 Å². The van der Waals surface area contributed by atoms with Crippen LogP contribution in [0, 0.1) is 0 Å². The Kier molecular flexibility index (Phi) is 4.27. The first kappa shape index (κ1) is 22.3. The van der Waals surface area contributed by atoms with Crippen LogP contribution in [0.25, 0.3) is 99.1 Å². The van der Waals surface area contributed by atoms with Crippen LogP contribution in [0.3, 0.4) is 0 Å². The molecule has 0 nitrogen and oxygen atoms in total. The Balaban J connectivity index is 1.11. The molecule has 0 aromatic heterocycles. The molecule has 10 rings (SSSR count). The van der Waals surface area contributed by atoms with Crippen molar-refractivity contribution in [1.29, 1.82) is 0 Å². The predicted molar refractivity (Wildman–Crippen MR) is 179 cm³/mol. The second kappa shape index (κ2) is 8.06. The zero-order valence-corrected chi connectivity index (χ0v) is 22.9. The average Bonchev–Trinajstić information content (AvgIpc) is 3.56. The normalized spacial score (nSPS) is 12.3. The average molecular weight is 529 g/mol. The maximum absolute atomic E-state index is 2.36. The van der Waals surface area contributed by atoms with Gasteiger partial charge in [0.25, 0.3) is 0 Å². The molecule has 0 heteroatoms. The summed E-state index contributed by atoms with van der Waals surface area (Å²) in [7, 11) is 0. The SMILES string of the molecule is c1ccc2c(c1)-c1cccc3c(-c4ccc5cc(-c6ccc7c8c(cccc68)-c6ccccc6-7)ccc5c4)ccc-2c13. The highest BCUT2D eigenvalue weighted by atomic mass is 14.3. The molecule has 0 unspecified atom stereocenters. The van der Waals surface area contributed by atoms with E-state index in [1.165, 1.54) is 99.1 Å². The summed E-state index contributed by atoms with van der Waals surface area (Å²) in [6.07, 6.45) is 0. The van der Waals surface area contributed by atoms with Gasteiger partial charge >= 0.3 is 0 Å². The van der Waals surface area contributed by atoms with Crippen molar-refractivity contribution in [1.82, 2.24) is 0 Å². The first-order chi connectivity index (χ1) is 20.8. The van der Waals surface area contributed by atoms with Crippen LogP contribution in [-0.4, -0.2) is 0 Å². The van der Waals surface area contributed by atoms with Crippen LogP contribution in [-0.2, 0) is 0 Å². The van der Waals surface area contributed by atoms with E-state index in [1.54, 1.807) is 0 Å². The second-order valence-corrected chi connectivity index (χ2v) is 11.6. The fourth-order valence-electron chi connectivity index (χ4n) is 7.70. The van der Waals surface area contributed by atoms with Gasteiger partial charge in [-0.3, -0.25) is 0 Å². The van der Waals surface area contributed by atoms with Crippen molar-refractivity contribution in [3.8, 4) is 66.8 Å². The van der Waals surface area contributed by atoms with Crippen molar-refractivity contribution in [2.75, 3.05) is 0 Å². The molecule has 0 fully saturated rings. The van der Waals surface area contributed by atoms with Gasteiger partial charge in [-0.2, -0.15) is 0 Å². The first-order valence-electron chi connectivity index (χ1n) is 14.7. The molecular formula is C42H24. The third-order valence-corrected chi connectivity index (χ3v) is 9.56. The van der Waals surface area contributed by atoms with Crippen LogP contribution in [0.15, 0.2) is 146 Å². The molecule has 0 radical (unpaired) electrons. The van der Waals surface area contributed by atoms with Crippen LogP contribution >= 0.6 is 0 Å². The lowest BCUT2D eigenvalue weighted by molar-refractivity contribution is 1.66. The highest BCUT2D eigenvalue weighted by Crippen LogP contribution is 2.50. The molecule has 8 aromatic carbocycles. The molecule has 0 bridgehead atoms. The lowest BCUT2D eigenvalue weighted by atomic mass is 9.91. The highest BCUT2D eigenvalue weighted by molar-refractivity contribution is 6.20. The maximum atomic E-state index is 2.36. The fourth-order valence-corrected chi connectivity index (χ4v) is 7.70. The molecule has 192 valence electrons. The Morgan fingerprint density at radius 2 is 0.595 bits per heavy atom. The van der Waals surface area contributed by atoms with E-state index in [0.717, 1.165) is 0 Å². The number of hydrogen-bond acceptors (Lipinski definition) is 0. The summed E-state index contributed by atoms with van der Waals surface area (Å²) in [6, 6.07) is 54.2. The maximum Gasteiger partial charge on any atom is -0.00201 e. The molecule has 0 spiro atoms. The van der Waals surface area contributed by atoms with Gasteiger partial charge in [-0.15, -0.1) is 0 Å². The van der Waals surface area contributed by atoms with Crippen molar-refractivity contribution in [2.45, 2.75) is 0 Å². The van der Waals surface area contributed by atoms with Crippen LogP contribution in [0.2, 0.25) is 0 Å². The minimum Gasteiger partial charge on any atom is -0.0616 e. The molecule has 0 saturated heterocycles. The van der Waals surface area contributed by atoms with Crippen LogP contribution < -0.4 is 0 Å². The minimum absolute atomic E-state index is 1.26. The molecule has 0 aliphatic heterocycles. The van der Waals surface area contributed by atoms with Crippen LogP contribution in [0.5, 0.6) is 0 Å². The van der Waals surface area contributed by atoms with Crippen molar-refractivity contribution in [3.63, 3.8) is 0 Å². The lowest BCUT2D eigenvalue weighted by Crippen LogP contribution is -1.86. The topological polar surface area (TPSA) is 0 Å². The third-order valence-electron chi connectivity index (χ3n) is 9.56. The van der Waals surface area contributed by atoms with E-state index < -0.39 is 0 Å². The summed E-state index contributed by atoms with van der Waals surface area (Å²) < 4.78 is 0. The van der Waals surface area contributed by atoms with Gasteiger partial charge in [0.05, 0.1) is 0 Å². The Morgan fingerprint density at radius 3 is 1.02 bits per heavy atom. The molecular weight excluding hydrogens is 504 g/mol. The van der Waals surface area contributed by atoms with Crippen molar-refractivity contribution in [3.05, 3.63) is 146 Å². The molecule has 0 N–H and O–H groups in total. The predicted octanol–water partition coefficient (Wildman–Crippen LogP) is 11.8. The van der Waals surface area contributed by atoms with E-state index in [0.29, 0.717) is 0 Å². The molecule has 0 saturated carbocycles. The summed E-state index contributed by atoms with van der Waals surface area (Å²) in [6.45, 7) is 0. The molecule has 2 aliphatic carbocycles. The number of rotatable bonds is 2. The van der Waals surface area contributed by atoms with Crippen LogP contribution in [0.1, 0.15) is 0 Å². The standard InChI is InChI=1S/C42H24/c1-3-9-33-31(7-1)37-13-5-11-35-29(19-21-39(33)41(35)37)27-17-15-26-24-28(18-16-25(26)23-27)30-20-22-40-34-10-4-2-8-32(34)38-14-6-12-36(30)42(38)40/h1-24H.